The summed E-state index contributed by atoms with van der Waals surface area (Å²) in [6.07, 6.45) is 0.278. The van der Waals surface area contributed by atoms with Gasteiger partial charge in [0.15, 0.2) is 29.2 Å². The largest absolute Gasteiger partial charge is 0.493 e. The molecule has 0 spiro atoms. The Hall–Kier alpha value is -4.65. The van der Waals surface area contributed by atoms with Gasteiger partial charge >= 0.3 is 12.0 Å². The number of benzene rings is 3. The summed E-state index contributed by atoms with van der Waals surface area (Å²) >= 11 is 12.3. The highest BCUT2D eigenvalue weighted by Crippen LogP contribution is 2.35. The van der Waals surface area contributed by atoms with E-state index >= 15 is 0 Å². The van der Waals surface area contributed by atoms with E-state index in [4.69, 9.17) is 46.9 Å². The van der Waals surface area contributed by atoms with Crippen molar-refractivity contribution in [1.29, 1.82) is 0 Å². The van der Waals surface area contributed by atoms with Crippen molar-refractivity contribution in [3.8, 4) is 23.0 Å². The first-order valence-corrected chi connectivity index (χ1v) is 14.9. The van der Waals surface area contributed by atoms with Crippen LogP contribution < -0.4 is 35.0 Å². The summed E-state index contributed by atoms with van der Waals surface area (Å²) in [7, 11) is 2.80. The van der Waals surface area contributed by atoms with Gasteiger partial charge in [0.1, 0.15) is 13.2 Å². The predicted octanol–water partition coefficient (Wildman–Crippen LogP) is 5.10. The molecule has 4 N–H and O–H groups in total. The molecule has 1 aliphatic rings. The van der Waals surface area contributed by atoms with E-state index in [0.29, 0.717) is 56.5 Å². The normalized spacial score (nSPS) is 15.1. The number of hydrogen-bond acceptors (Lipinski definition) is 10. The number of carbonyl (C=O) groups excluding carboxylic acids is 2. The fourth-order valence-corrected chi connectivity index (χ4v) is 5.02. The van der Waals surface area contributed by atoms with Gasteiger partial charge < -0.3 is 39.4 Å². The van der Waals surface area contributed by atoms with Gasteiger partial charge in [0, 0.05) is 26.9 Å². The molecular formula is C32H34Cl2N4O8. The molecule has 244 valence electrons. The summed E-state index contributed by atoms with van der Waals surface area (Å²) < 4.78 is 28.0. The van der Waals surface area contributed by atoms with E-state index in [1.165, 1.54) is 20.4 Å². The van der Waals surface area contributed by atoms with E-state index in [0.717, 1.165) is 5.56 Å². The lowest BCUT2D eigenvalue weighted by Gasteiger charge is -2.28. The minimum atomic E-state index is -1.20. The third kappa shape index (κ3) is 8.53. The summed E-state index contributed by atoms with van der Waals surface area (Å²) in [5, 5.41) is 21.0. The Balaban J connectivity index is 1.42. The van der Waals surface area contributed by atoms with Crippen molar-refractivity contribution in [3.63, 3.8) is 0 Å². The zero-order chi connectivity index (χ0) is 33.2. The van der Waals surface area contributed by atoms with E-state index in [1.54, 1.807) is 68.4 Å². The van der Waals surface area contributed by atoms with Crippen molar-refractivity contribution in [1.82, 2.24) is 16.1 Å². The maximum absolute atomic E-state index is 12.5. The molecule has 12 nitrogen and oxygen atoms in total. The quantitative estimate of drug-likeness (QED) is 0.0794. The summed E-state index contributed by atoms with van der Waals surface area (Å²) in [6, 6.07) is 14.2. The van der Waals surface area contributed by atoms with Crippen LogP contribution in [0.2, 0.25) is 10.0 Å². The van der Waals surface area contributed by atoms with Crippen LogP contribution in [0, 0.1) is 0 Å². The topological polar surface area (TPSA) is 149 Å². The third-order valence-corrected chi connectivity index (χ3v) is 7.30. The molecule has 46 heavy (non-hydrogen) atoms. The van der Waals surface area contributed by atoms with Gasteiger partial charge in [-0.2, -0.15) is 5.10 Å². The lowest BCUT2D eigenvalue weighted by Crippen LogP contribution is -2.45. The Kier molecular flexibility index (Phi) is 12.0. The highest BCUT2D eigenvalue weighted by Gasteiger charge is 2.32. The van der Waals surface area contributed by atoms with E-state index in [1.807, 2.05) is 0 Å². The molecule has 2 atom stereocenters. The number of hydrazone groups is 1. The molecule has 0 unspecified atom stereocenters. The Labute approximate surface area is 276 Å². The van der Waals surface area contributed by atoms with Crippen LogP contribution in [0.4, 0.5) is 4.79 Å². The summed E-state index contributed by atoms with van der Waals surface area (Å²) in [5.41, 5.74) is 5.15. The number of halogens is 2. The zero-order valence-electron chi connectivity index (χ0n) is 25.6. The summed E-state index contributed by atoms with van der Waals surface area (Å²) in [6.45, 7) is 3.71. The second kappa shape index (κ2) is 16.1. The number of aliphatic hydroxyl groups is 1. The Morgan fingerprint density at radius 2 is 1.87 bits per heavy atom. The Morgan fingerprint density at radius 1 is 1.07 bits per heavy atom. The van der Waals surface area contributed by atoms with Crippen molar-refractivity contribution in [3.05, 3.63) is 92.6 Å². The number of aliphatic hydroxyl groups excluding tert-OH is 1. The number of allylic oxidation sites excluding steroid dienone is 1. The maximum atomic E-state index is 12.5. The lowest BCUT2D eigenvalue weighted by atomic mass is 9.95. The van der Waals surface area contributed by atoms with Crippen molar-refractivity contribution in [2.24, 2.45) is 5.10 Å². The second-order valence-electron chi connectivity index (χ2n) is 9.82. The molecule has 1 aliphatic heterocycles. The SMILES string of the molecule is CCOc1cc([C@@H]2NC(=O)NC(C)=C2C(=O)OC)ccc1OC[C@H](O)N/N=C/c1cccc(OC)c1OCc1ccc(Cl)cc1Cl. The van der Waals surface area contributed by atoms with Gasteiger partial charge in [-0.25, -0.2) is 9.59 Å². The number of carbonyl (C=O) groups is 2. The first-order chi connectivity index (χ1) is 22.1. The molecule has 0 aromatic heterocycles. The molecule has 0 radical (unpaired) electrons. The van der Waals surface area contributed by atoms with Crippen LogP contribution in [0.5, 0.6) is 23.0 Å². The first kappa shape index (κ1) is 34.2. The highest BCUT2D eigenvalue weighted by atomic mass is 35.5. The number of urea groups is 1. The van der Waals surface area contributed by atoms with Crippen molar-refractivity contribution >= 4 is 41.4 Å². The number of esters is 1. The maximum Gasteiger partial charge on any atom is 0.337 e. The van der Waals surface area contributed by atoms with Crippen LogP contribution in [0.3, 0.4) is 0 Å². The van der Waals surface area contributed by atoms with Gasteiger partial charge in [-0.05, 0) is 55.8 Å². The highest BCUT2D eigenvalue weighted by molar-refractivity contribution is 6.35. The number of rotatable bonds is 14. The van der Waals surface area contributed by atoms with Gasteiger partial charge in [-0.3, -0.25) is 5.43 Å². The Morgan fingerprint density at radius 3 is 2.59 bits per heavy atom. The second-order valence-corrected chi connectivity index (χ2v) is 10.7. The average Bonchev–Trinajstić information content (AvgIpc) is 3.03. The van der Waals surface area contributed by atoms with Crippen LogP contribution in [0.15, 0.2) is 71.0 Å². The number of nitrogens with one attached hydrogen (secondary N) is 3. The fourth-order valence-electron chi connectivity index (χ4n) is 4.55. The lowest BCUT2D eigenvalue weighted by molar-refractivity contribution is -0.136. The molecule has 2 amide bonds. The van der Waals surface area contributed by atoms with Crippen molar-refractivity contribution in [2.45, 2.75) is 32.7 Å². The average molecular weight is 674 g/mol. The number of amides is 2. The molecule has 1 heterocycles. The smallest absolute Gasteiger partial charge is 0.337 e. The van der Waals surface area contributed by atoms with Gasteiger partial charge in [-0.15, -0.1) is 0 Å². The van der Waals surface area contributed by atoms with Crippen molar-refractivity contribution in [2.75, 3.05) is 27.4 Å². The molecule has 14 heteroatoms. The number of methoxy groups -OCH3 is 2. The number of para-hydroxylation sites is 1. The molecule has 0 fully saturated rings. The van der Waals surface area contributed by atoms with Gasteiger partial charge in [0.05, 0.1) is 38.7 Å². The molecule has 0 bridgehead atoms. The minimum absolute atomic E-state index is 0.159. The molecule has 3 aromatic rings. The zero-order valence-corrected chi connectivity index (χ0v) is 27.1. The van der Waals surface area contributed by atoms with Gasteiger partial charge in [0.2, 0.25) is 0 Å². The summed E-state index contributed by atoms with van der Waals surface area (Å²) in [4.78, 5) is 24.6. The number of hydrogen-bond donors (Lipinski definition) is 4. The van der Waals surface area contributed by atoms with Crippen molar-refractivity contribution < 1.29 is 38.4 Å². The molecular weight excluding hydrogens is 639 g/mol. The number of nitrogens with zero attached hydrogens (tertiary/aromatic N) is 1. The Bertz CT molecular complexity index is 1630. The molecule has 4 rings (SSSR count). The van der Waals surface area contributed by atoms with Crippen LogP contribution in [-0.4, -0.2) is 57.0 Å². The predicted molar refractivity (Wildman–Crippen MR) is 173 cm³/mol. The molecule has 3 aromatic carbocycles. The monoisotopic (exact) mass is 672 g/mol. The summed E-state index contributed by atoms with van der Waals surface area (Å²) in [5.74, 6) is 1.02. The molecule has 0 aliphatic carbocycles. The van der Waals surface area contributed by atoms with Gasteiger partial charge in [0.25, 0.3) is 0 Å². The number of ether oxygens (including phenoxy) is 5. The third-order valence-electron chi connectivity index (χ3n) is 6.72. The van der Waals surface area contributed by atoms with Gasteiger partial charge in [-0.1, -0.05) is 41.4 Å². The van der Waals surface area contributed by atoms with E-state index in [-0.39, 0.29) is 18.8 Å². The first-order valence-electron chi connectivity index (χ1n) is 14.1. The molecule has 0 saturated heterocycles. The van der Waals surface area contributed by atoms with E-state index in [9.17, 15) is 14.7 Å². The minimum Gasteiger partial charge on any atom is -0.493 e. The van der Waals surface area contributed by atoms with Crippen LogP contribution >= 0.6 is 23.2 Å². The standard InChI is InChI=1S/C32H34Cl2N4O8/c1-5-44-26-13-19(29-28(31(40)43-4)18(2)36-32(41)37-29)10-12-24(26)45-17-27(39)38-35-15-20-7-6-8-25(42-3)30(20)46-16-21-9-11-22(33)14-23(21)34/h6-15,27,29,38-39H,5,16-17H2,1-4H3,(H2,36,37,41)/b35-15+/t27-,29-/m0/s1. The molecule has 0 saturated carbocycles. The fraction of sp³-hybridized carbons (Fsp3) is 0.281. The van der Waals surface area contributed by atoms with E-state index < -0.39 is 24.3 Å². The van der Waals surface area contributed by atoms with Crippen LogP contribution in [0.1, 0.15) is 36.6 Å². The van der Waals surface area contributed by atoms with Crippen LogP contribution in [0.25, 0.3) is 0 Å². The van der Waals surface area contributed by atoms with Crippen LogP contribution in [-0.2, 0) is 16.1 Å². The van der Waals surface area contributed by atoms with E-state index in [2.05, 4.69) is 21.2 Å².